The Hall–Kier alpha value is -1.04. The predicted molar refractivity (Wildman–Crippen MR) is 79.9 cm³/mol. The number of benzene rings is 1. The summed E-state index contributed by atoms with van der Waals surface area (Å²) >= 11 is 2.31. The molecule has 2 rings (SSSR count). The molecule has 0 atom stereocenters. The molecule has 0 amide bonds. The maximum absolute atomic E-state index is 6.08. The summed E-state index contributed by atoms with van der Waals surface area (Å²) < 4.78 is 2.96. The first kappa shape index (κ1) is 12.4. The third kappa shape index (κ3) is 2.31. The number of nitrogens with zero attached hydrogens (tertiary/aromatic N) is 2. The number of hydrogen-bond donors (Lipinski definition) is 1. The average Bonchev–Trinajstić information content (AvgIpc) is 2.55. The van der Waals surface area contributed by atoms with Crippen LogP contribution in [0.25, 0.3) is 11.3 Å². The van der Waals surface area contributed by atoms with Gasteiger partial charge in [0.2, 0.25) is 0 Å². The minimum absolute atomic E-state index is 0.372. The molecule has 0 radical (unpaired) electrons. The van der Waals surface area contributed by atoms with E-state index in [0.29, 0.717) is 5.92 Å². The highest BCUT2D eigenvalue weighted by Crippen LogP contribution is 2.32. The fourth-order valence-electron chi connectivity index (χ4n) is 1.97. The van der Waals surface area contributed by atoms with E-state index in [1.165, 1.54) is 3.57 Å². The zero-order chi connectivity index (χ0) is 12.6. The fourth-order valence-corrected chi connectivity index (χ4v) is 2.51. The summed E-state index contributed by atoms with van der Waals surface area (Å²) in [7, 11) is 1.89. The van der Waals surface area contributed by atoms with Crippen LogP contribution in [0.5, 0.6) is 0 Å². The van der Waals surface area contributed by atoms with Gasteiger partial charge in [0.25, 0.3) is 0 Å². The molecule has 0 saturated carbocycles. The van der Waals surface area contributed by atoms with Crippen molar-refractivity contribution >= 4 is 28.4 Å². The summed E-state index contributed by atoms with van der Waals surface area (Å²) in [5.41, 5.74) is 9.34. The molecular formula is C13H16IN3. The van der Waals surface area contributed by atoms with Crippen molar-refractivity contribution in [3.05, 3.63) is 33.4 Å². The molecule has 0 saturated heterocycles. The summed E-state index contributed by atoms with van der Waals surface area (Å²) in [6, 6.07) is 8.33. The Balaban J connectivity index is 2.63. The van der Waals surface area contributed by atoms with Crippen molar-refractivity contribution in [3.8, 4) is 11.3 Å². The third-order valence-electron chi connectivity index (χ3n) is 2.81. The molecule has 0 unspecified atom stereocenters. The molecule has 2 N–H and O–H groups in total. The number of hydrogen-bond acceptors (Lipinski definition) is 2. The van der Waals surface area contributed by atoms with E-state index in [2.05, 4.69) is 59.7 Å². The minimum Gasteiger partial charge on any atom is -0.384 e. The Bertz CT molecular complexity index is 544. The van der Waals surface area contributed by atoms with E-state index in [4.69, 9.17) is 5.73 Å². The van der Waals surface area contributed by atoms with Crippen LogP contribution in [0.4, 0.5) is 5.82 Å². The van der Waals surface area contributed by atoms with Gasteiger partial charge in [-0.2, -0.15) is 5.10 Å². The van der Waals surface area contributed by atoms with Crippen LogP contribution in [0.2, 0.25) is 0 Å². The van der Waals surface area contributed by atoms with Crippen LogP contribution >= 0.6 is 22.6 Å². The van der Waals surface area contributed by atoms with Gasteiger partial charge in [0.15, 0.2) is 0 Å². The molecule has 1 heterocycles. The monoisotopic (exact) mass is 341 g/mol. The van der Waals surface area contributed by atoms with Crippen molar-refractivity contribution in [2.75, 3.05) is 5.73 Å². The van der Waals surface area contributed by atoms with Gasteiger partial charge in [0, 0.05) is 21.7 Å². The number of nitrogen functional groups attached to an aromatic ring is 1. The van der Waals surface area contributed by atoms with E-state index in [9.17, 15) is 0 Å². The lowest BCUT2D eigenvalue weighted by molar-refractivity contribution is 0.780. The van der Waals surface area contributed by atoms with Crippen LogP contribution in [0.3, 0.4) is 0 Å². The van der Waals surface area contributed by atoms with Crippen LogP contribution < -0.4 is 5.73 Å². The van der Waals surface area contributed by atoms with Crippen LogP contribution in [-0.4, -0.2) is 9.78 Å². The molecule has 2 aromatic rings. The maximum atomic E-state index is 6.08. The number of nitrogens with two attached hydrogens (primary N) is 1. The molecule has 90 valence electrons. The average molecular weight is 341 g/mol. The van der Waals surface area contributed by atoms with Crippen LogP contribution in [0, 0.1) is 3.57 Å². The lowest BCUT2D eigenvalue weighted by Gasteiger charge is -2.07. The topological polar surface area (TPSA) is 43.8 Å². The SMILES string of the molecule is CC(C)c1c(-c2cccc(I)c2)nn(C)c1N. The number of halogens is 1. The molecule has 0 fully saturated rings. The highest BCUT2D eigenvalue weighted by molar-refractivity contribution is 14.1. The van der Waals surface area contributed by atoms with E-state index in [1.807, 2.05) is 13.1 Å². The summed E-state index contributed by atoms with van der Waals surface area (Å²) in [4.78, 5) is 0. The normalized spacial score (nSPS) is 11.1. The predicted octanol–water partition coefficient (Wildman–Crippen LogP) is 3.40. The molecule has 0 bridgehead atoms. The molecule has 3 nitrogen and oxygen atoms in total. The second-order valence-corrected chi connectivity index (χ2v) is 5.68. The Morgan fingerprint density at radius 1 is 1.35 bits per heavy atom. The first-order valence-electron chi connectivity index (χ1n) is 5.59. The van der Waals surface area contributed by atoms with Crippen molar-refractivity contribution < 1.29 is 0 Å². The molecular weight excluding hydrogens is 325 g/mol. The number of anilines is 1. The quantitative estimate of drug-likeness (QED) is 0.851. The molecule has 17 heavy (non-hydrogen) atoms. The summed E-state index contributed by atoms with van der Waals surface area (Å²) in [6.07, 6.45) is 0. The van der Waals surface area contributed by atoms with Gasteiger partial charge in [-0.25, -0.2) is 0 Å². The van der Waals surface area contributed by atoms with Crippen molar-refractivity contribution in [2.24, 2.45) is 7.05 Å². The van der Waals surface area contributed by atoms with E-state index >= 15 is 0 Å². The van der Waals surface area contributed by atoms with Gasteiger partial charge in [-0.05, 0) is 40.6 Å². The summed E-state index contributed by atoms with van der Waals surface area (Å²) in [6.45, 7) is 4.29. The van der Waals surface area contributed by atoms with E-state index in [1.54, 1.807) is 4.68 Å². The Labute approximate surface area is 115 Å². The van der Waals surface area contributed by atoms with Crippen LogP contribution in [-0.2, 0) is 7.05 Å². The Morgan fingerprint density at radius 3 is 2.65 bits per heavy atom. The molecule has 0 spiro atoms. The lowest BCUT2D eigenvalue weighted by Crippen LogP contribution is -2.00. The first-order chi connectivity index (χ1) is 8.00. The van der Waals surface area contributed by atoms with Crippen molar-refractivity contribution in [1.29, 1.82) is 0 Å². The second-order valence-electron chi connectivity index (χ2n) is 4.44. The Kier molecular flexibility index (Phi) is 3.42. The summed E-state index contributed by atoms with van der Waals surface area (Å²) in [5.74, 6) is 1.13. The van der Waals surface area contributed by atoms with E-state index in [-0.39, 0.29) is 0 Å². The zero-order valence-corrected chi connectivity index (χ0v) is 12.4. The van der Waals surface area contributed by atoms with Gasteiger partial charge < -0.3 is 5.73 Å². The smallest absolute Gasteiger partial charge is 0.125 e. The van der Waals surface area contributed by atoms with Gasteiger partial charge in [-0.3, -0.25) is 4.68 Å². The van der Waals surface area contributed by atoms with Gasteiger partial charge in [-0.15, -0.1) is 0 Å². The van der Waals surface area contributed by atoms with Crippen molar-refractivity contribution in [3.63, 3.8) is 0 Å². The minimum atomic E-state index is 0.372. The zero-order valence-electron chi connectivity index (χ0n) is 10.2. The Morgan fingerprint density at radius 2 is 2.06 bits per heavy atom. The van der Waals surface area contributed by atoms with Gasteiger partial charge >= 0.3 is 0 Å². The number of aromatic nitrogens is 2. The largest absolute Gasteiger partial charge is 0.384 e. The van der Waals surface area contributed by atoms with E-state index in [0.717, 1.165) is 22.6 Å². The van der Waals surface area contributed by atoms with Gasteiger partial charge in [0.05, 0.1) is 5.69 Å². The van der Waals surface area contributed by atoms with E-state index < -0.39 is 0 Å². The second kappa shape index (κ2) is 4.68. The summed E-state index contributed by atoms with van der Waals surface area (Å²) in [5, 5.41) is 4.53. The standard InChI is InChI=1S/C13H16IN3/c1-8(2)11-12(16-17(3)13(11)15)9-5-4-6-10(14)7-9/h4-8H,15H2,1-3H3. The third-order valence-corrected chi connectivity index (χ3v) is 3.48. The fraction of sp³-hybridized carbons (Fsp3) is 0.308. The van der Waals surface area contributed by atoms with Crippen molar-refractivity contribution in [2.45, 2.75) is 19.8 Å². The molecule has 1 aromatic carbocycles. The van der Waals surface area contributed by atoms with Crippen molar-refractivity contribution in [1.82, 2.24) is 9.78 Å². The maximum Gasteiger partial charge on any atom is 0.125 e. The van der Waals surface area contributed by atoms with Gasteiger partial charge in [0.1, 0.15) is 5.82 Å². The molecule has 0 aliphatic heterocycles. The van der Waals surface area contributed by atoms with Crippen LogP contribution in [0.1, 0.15) is 25.3 Å². The lowest BCUT2D eigenvalue weighted by atomic mass is 9.99. The highest BCUT2D eigenvalue weighted by atomic mass is 127. The number of rotatable bonds is 2. The van der Waals surface area contributed by atoms with Crippen LogP contribution in [0.15, 0.2) is 24.3 Å². The number of aryl methyl sites for hydroxylation is 1. The molecule has 1 aromatic heterocycles. The molecule has 0 aliphatic carbocycles. The first-order valence-corrected chi connectivity index (χ1v) is 6.67. The molecule has 4 heteroatoms. The molecule has 0 aliphatic rings. The highest BCUT2D eigenvalue weighted by Gasteiger charge is 2.18. The van der Waals surface area contributed by atoms with Gasteiger partial charge in [-0.1, -0.05) is 26.0 Å².